The lowest BCUT2D eigenvalue weighted by atomic mass is 9.98. The van der Waals surface area contributed by atoms with Crippen LogP contribution in [0.15, 0.2) is 78.9 Å². The van der Waals surface area contributed by atoms with Crippen molar-refractivity contribution in [2.45, 2.75) is 12.0 Å². The Balaban J connectivity index is 1.46. The van der Waals surface area contributed by atoms with Crippen LogP contribution < -0.4 is 10.6 Å². The zero-order chi connectivity index (χ0) is 20.1. The number of ether oxygens (including phenoxy) is 1. The van der Waals surface area contributed by atoms with Crippen LogP contribution in [0.4, 0.5) is 4.79 Å². The minimum absolute atomic E-state index is 0.0106. The van der Waals surface area contributed by atoms with E-state index in [1.54, 1.807) is 0 Å². The first kappa shape index (κ1) is 18.7. The number of benzene rings is 3. The molecule has 1 atom stereocenters. The second-order valence-corrected chi connectivity index (χ2v) is 6.96. The van der Waals surface area contributed by atoms with E-state index in [2.05, 4.69) is 34.9 Å². The number of rotatable bonds is 7. The molecule has 0 bridgehead atoms. The van der Waals surface area contributed by atoms with Gasteiger partial charge in [-0.2, -0.15) is 0 Å². The van der Waals surface area contributed by atoms with Crippen LogP contribution in [0.2, 0.25) is 0 Å². The van der Waals surface area contributed by atoms with Crippen molar-refractivity contribution < 1.29 is 14.3 Å². The van der Waals surface area contributed by atoms with Gasteiger partial charge >= 0.3 is 6.09 Å². The molecule has 1 aliphatic carbocycles. The molecule has 29 heavy (non-hydrogen) atoms. The van der Waals surface area contributed by atoms with E-state index in [0.29, 0.717) is 6.41 Å². The SMILES string of the molecule is O=CNC[C@@H](NC(=O)OCC1c2ccccc2-c2ccccc21)c1ccccc1. The van der Waals surface area contributed by atoms with Crippen molar-refractivity contribution in [3.8, 4) is 11.1 Å². The summed E-state index contributed by atoms with van der Waals surface area (Å²) < 4.78 is 5.61. The van der Waals surface area contributed by atoms with Crippen LogP contribution in [-0.2, 0) is 9.53 Å². The Bertz CT molecular complexity index is 958. The number of nitrogens with one attached hydrogen (secondary N) is 2. The first-order valence-electron chi connectivity index (χ1n) is 9.61. The summed E-state index contributed by atoms with van der Waals surface area (Å²) in [5, 5.41) is 5.48. The molecule has 0 aliphatic heterocycles. The Morgan fingerprint density at radius 2 is 1.48 bits per heavy atom. The summed E-state index contributed by atoms with van der Waals surface area (Å²) >= 11 is 0. The molecule has 0 saturated carbocycles. The maximum absolute atomic E-state index is 12.5. The number of amides is 2. The second kappa shape index (κ2) is 8.61. The zero-order valence-corrected chi connectivity index (χ0v) is 15.9. The molecule has 2 amide bonds. The highest BCUT2D eigenvalue weighted by Gasteiger charge is 2.29. The Labute approximate surface area is 169 Å². The molecule has 0 aromatic heterocycles. The fraction of sp³-hybridized carbons (Fsp3) is 0.167. The third-order valence-corrected chi connectivity index (χ3v) is 5.24. The summed E-state index contributed by atoms with van der Waals surface area (Å²) in [5.41, 5.74) is 5.62. The molecule has 0 unspecified atom stereocenters. The van der Waals surface area contributed by atoms with Crippen LogP contribution in [-0.4, -0.2) is 25.7 Å². The molecule has 3 aromatic carbocycles. The van der Waals surface area contributed by atoms with E-state index in [9.17, 15) is 9.59 Å². The molecule has 0 saturated heterocycles. The summed E-state index contributed by atoms with van der Waals surface area (Å²) in [4.78, 5) is 23.2. The maximum atomic E-state index is 12.5. The first-order valence-corrected chi connectivity index (χ1v) is 9.61. The van der Waals surface area contributed by atoms with Crippen molar-refractivity contribution >= 4 is 12.5 Å². The van der Waals surface area contributed by atoms with Gasteiger partial charge in [-0.25, -0.2) is 4.79 Å². The van der Waals surface area contributed by atoms with E-state index < -0.39 is 6.09 Å². The number of hydrogen-bond donors (Lipinski definition) is 2. The Hall–Kier alpha value is -3.60. The molecule has 0 spiro atoms. The zero-order valence-electron chi connectivity index (χ0n) is 15.9. The molecule has 4 rings (SSSR count). The highest BCUT2D eigenvalue weighted by Crippen LogP contribution is 2.44. The molecule has 1 aliphatic rings. The van der Waals surface area contributed by atoms with Gasteiger partial charge in [0.1, 0.15) is 6.61 Å². The van der Waals surface area contributed by atoms with Crippen molar-refractivity contribution in [3.05, 3.63) is 95.6 Å². The van der Waals surface area contributed by atoms with Gasteiger partial charge in [0.2, 0.25) is 6.41 Å². The molecular weight excluding hydrogens is 364 g/mol. The van der Waals surface area contributed by atoms with Gasteiger partial charge in [-0.15, -0.1) is 0 Å². The van der Waals surface area contributed by atoms with E-state index in [4.69, 9.17) is 4.74 Å². The van der Waals surface area contributed by atoms with Crippen LogP contribution in [0.1, 0.15) is 28.7 Å². The molecule has 0 heterocycles. The molecule has 0 radical (unpaired) electrons. The number of carbonyl (C=O) groups excluding carboxylic acids is 2. The lowest BCUT2D eigenvalue weighted by Crippen LogP contribution is -2.36. The highest BCUT2D eigenvalue weighted by molar-refractivity contribution is 5.79. The van der Waals surface area contributed by atoms with Crippen molar-refractivity contribution in [2.24, 2.45) is 0 Å². The molecule has 5 heteroatoms. The summed E-state index contributed by atoms with van der Waals surface area (Å²) in [6, 6.07) is 25.6. The molecule has 2 N–H and O–H groups in total. The molecule has 3 aromatic rings. The topological polar surface area (TPSA) is 67.4 Å². The standard InChI is InChI=1S/C24H22N2O3/c27-16-25-14-23(17-8-2-1-3-9-17)26-24(28)29-15-22-20-12-6-4-10-18(20)19-11-5-7-13-21(19)22/h1-13,16,22-23H,14-15H2,(H,25,27)(H,26,28)/t23-/m1/s1. The van der Waals surface area contributed by atoms with E-state index in [-0.39, 0.29) is 25.1 Å². The summed E-state index contributed by atoms with van der Waals surface area (Å²) in [5.74, 6) is 0.0106. The van der Waals surface area contributed by atoms with E-state index in [1.165, 1.54) is 22.3 Å². The van der Waals surface area contributed by atoms with Crippen LogP contribution in [0.5, 0.6) is 0 Å². The largest absolute Gasteiger partial charge is 0.449 e. The van der Waals surface area contributed by atoms with E-state index in [0.717, 1.165) is 5.56 Å². The second-order valence-electron chi connectivity index (χ2n) is 6.96. The van der Waals surface area contributed by atoms with Gasteiger partial charge in [-0.1, -0.05) is 78.9 Å². The third kappa shape index (κ3) is 3.99. The Morgan fingerprint density at radius 1 is 0.897 bits per heavy atom. The minimum Gasteiger partial charge on any atom is -0.449 e. The molecule has 146 valence electrons. The predicted octanol–water partition coefficient (Wildman–Crippen LogP) is 4.01. The number of alkyl carbamates (subject to hydrolysis) is 1. The first-order chi connectivity index (χ1) is 14.3. The highest BCUT2D eigenvalue weighted by atomic mass is 16.5. The summed E-state index contributed by atoms with van der Waals surface area (Å²) in [6.07, 6.45) is 0.114. The smallest absolute Gasteiger partial charge is 0.407 e. The van der Waals surface area contributed by atoms with E-state index in [1.807, 2.05) is 54.6 Å². The van der Waals surface area contributed by atoms with Gasteiger partial charge in [-0.3, -0.25) is 4.79 Å². The van der Waals surface area contributed by atoms with Crippen molar-refractivity contribution in [1.82, 2.24) is 10.6 Å². The predicted molar refractivity (Wildman–Crippen MR) is 111 cm³/mol. The lowest BCUT2D eigenvalue weighted by molar-refractivity contribution is -0.109. The normalized spacial score (nSPS) is 13.1. The van der Waals surface area contributed by atoms with Crippen LogP contribution in [0.3, 0.4) is 0 Å². The summed E-state index contributed by atoms with van der Waals surface area (Å²) in [7, 11) is 0. The minimum atomic E-state index is -0.506. The van der Waals surface area contributed by atoms with Crippen LogP contribution >= 0.6 is 0 Å². The fourth-order valence-electron chi connectivity index (χ4n) is 3.89. The van der Waals surface area contributed by atoms with Gasteiger partial charge in [0, 0.05) is 12.5 Å². The average molecular weight is 386 g/mol. The van der Waals surface area contributed by atoms with Gasteiger partial charge in [0.15, 0.2) is 0 Å². The molecular formula is C24H22N2O3. The van der Waals surface area contributed by atoms with Gasteiger partial charge < -0.3 is 15.4 Å². The third-order valence-electron chi connectivity index (χ3n) is 5.24. The van der Waals surface area contributed by atoms with Gasteiger partial charge in [0.05, 0.1) is 6.04 Å². The van der Waals surface area contributed by atoms with Crippen LogP contribution in [0.25, 0.3) is 11.1 Å². The molecule has 5 nitrogen and oxygen atoms in total. The Kier molecular flexibility index (Phi) is 5.56. The number of fused-ring (bicyclic) bond motifs is 3. The van der Waals surface area contributed by atoms with Crippen molar-refractivity contribution in [1.29, 1.82) is 0 Å². The maximum Gasteiger partial charge on any atom is 0.407 e. The number of carbonyl (C=O) groups is 2. The van der Waals surface area contributed by atoms with Crippen molar-refractivity contribution in [2.75, 3.05) is 13.2 Å². The summed E-state index contributed by atoms with van der Waals surface area (Å²) in [6.45, 7) is 0.542. The monoisotopic (exact) mass is 386 g/mol. The van der Waals surface area contributed by atoms with Crippen LogP contribution in [0, 0.1) is 0 Å². The lowest BCUT2D eigenvalue weighted by Gasteiger charge is -2.20. The van der Waals surface area contributed by atoms with Gasteiger partial charge in [0.25, 0.3) is 0 Å². The Morgan fingerprint density at radius 3 is 2.10 bits per heavy atom. The quantitative estimate of drug-likeness (QED) is 0.603. The molecule has 0 fully saturated rings. The fourth-order valence-corrected chi connectivity index (χ4v) is 3.89. The van der Waals surface area contributed by atoms with E-state index >= 15 is 0 Å². The number of hydrogen-bond acceptors (Lipinski definition) is 3. The van der Waals surface area contributed by atoms with Crippen molar-refractivity contribution in [3.63, 3.8) is 0 Å². The van der Waals surface area contributed by atoms with Gasteiger partial charge in [-0.05, 0) is 27.8 Å². The average Bonchev–Trinajstić information content (AvgIpc) is 3.09.